The molecule has 3 heterocycles. The van der Waals surface area contributed by atoms with Gasteiger partial charge in [0.25, 0.3) is 0 Å². The van der Waals surface area contributed by atoms with Crippen molar-refractivity contribution in [2.45, 2.75) is 45.2 Å². The summed E-state index contributed by atoms with van der Waals surface area (Å²) in [5, 5.41) is 8.20. The zero-order valence-electron chi connectivity index (χ0n) is 13.3. The highest BCUT2D eigenvalue weighted by atomic mass is 32.2. The number of carbonyl (C=O) groups excluding carboxylic acids is 1. The molecule has 7 heteroatoms. The Bertz CT molecular complexity index is 513. The fraction of sp³-hybridized carbons (Fsp3) is 0.800. The Morgan fingerprint density at radius 1 is 1.32 bits per heavy atom. The smallest absolute Gasteiger partial charge is 0.239 e. The molecule has 1 atom stereocenters. The zero-order valence-corrected chi connectivity index (χ0v) is 14.1. The summed E-state index contributed by atoms with van der Waals surface area (Å²) in [6.07, 6.45) is 2.00. The molecule has 0 unspecified atom stereocenters. The average Bonchev–Trinajstić information content (AvgIpc) is 3.17. The first kappa shape index (κ1) is 15.8. The molecule has 2 aliphatic heterocycles. The maximum atomic E-state index is 12.7. The van der Waals surface area contributed by atoms with Crippen LogP contribution in [-0.4, -0.2) is 63.1 Å². The molecular weight excluding hydrogens is 300 g/mol. The predicted octanol–water partition coefficient (Wildman–Crippen LogP) is 1.73. The van der Waals surface area contributed by atoms with Crippen LogP contribution < -0.4 is 0 Å². The minimum atomic E-state index is -0.0162. The summed E-state index contributed by atoms with van der Waals surface area (Å²) in [6.45, 7) is 7.34. The third kappa shape index (κ3) is 3.46. The molecule has 0 spiro atoms. The van der Waals surface area contributed by atoms with E-state index >= 15 is 0 Å². The number of carbonyl (C=O) groups is 1. The van der Waals surface area contributed by atoms with Crippen LogP contribution in [0, 0.1) is 0 Å². The Hall–Kier alpha value is -1.08. The van der Waals surface area contributed by atoms with Crippen LogP contribution in [0.2, 0.25) is 0 Å². The lowest BCUT2D eigenvalue weighted by Gasteiger charge is -2.31. The van der Waals surface area contributed by atoms with Crippen molar-refractivity contribution in [2.75, 3.05) is 31.1 Å². The summed E-state index contributed by atoms with van der Waals surface area (Å²) in [5.74, 6) is 3.92. The van der Waals surface area contributed by atoms with E-state index in [2.05, 4.69) is 15.1 Å². The lowest BCUT2D eigenvalue weighted by atomic mass is 10.2. The van der Waals surface area contributed by atoms with Crippen LogP contribution in [0.1, 0.15) is 44.4 Å². The second-order valence-electron chi connectivity index (χ2n) is 6.25. The summed E-state index contributed by atoms with van der Waals surface area (Å²) in [6, 6.07) is -0.0162. The Morgan fingerprint density at radius 2 is 2.09 bits per heavy atom. The number of amides is 1. The first-order chi connectivity index (χ1) is 10.6. The van der Waals surface area contributed by atoms with Crippen molar-refractivity contribution in [1.82, 2.24) is 20.0 Å². The molecule has 2 fully saturated rings. The summed E-state index contributed by atoms with van der Waals surface area (Å²) >= 11 is 1.93. The highest BCUT2D eigenvalue weighted by Crippen LogP contribution is 2.23. The fourth-order valence-electron chi connectivity index (χ4n) is 3.03. The monoisotopic (exact) mass is 324 g/mol. The van der Waals surface area contributed by atoms with Gasteiger partial charge >= 0.3 is 0 Å². The Morgan fingerprint density at radius 3 is 2.77 bits per heavy atom. The van der Waals surface area contributed by atoms with Gasteiger partial charge in [-0.25, -0.2) is 0 Å². The van der Waals surface area contributed by atoms with Crippen LogP contribution in [0.3, 0.4) is 0 Å². The molecule has 0 saturated carbocycles. The van der Waals surface area contributed by atoms with Gasteiger partial charge in [-0.2, -0.15) is 11.8 Å². The van der Waals surface area contributed by atoms with E-state index in [4.69, 9.17) is 4.42 Å². The lowest BCUT2D eigenvalue weighted by molar-refractivity contribution is -0.135. The largest absolute Gasteiger partial charge is 0.424 e. The Labute approximate surface area is 135 Å². The number of rotatable bonds is 4. The van der Waals surface area contributed by atoms with Gasteiger partial charge in [-0.15, -0.1) is 10.2 Å². The first-order valence-electron chi connectivity index (χ1n) is 8.08. The third-order valence-corrected chi connectivity index (χ3v) is 5.23. The van der Waals surface area contributed by atoms with Gasteiger partial charge in [0.2, 0.25) is 17.7 Å². The van der Waals surface area contributed by atoms with Crippen LogP contribution in [-0.2, 0) is 11.3 Å². The van der Waals surface area contributed by atoms with Crippen LogP contribution in [0.4, 0.5) is 0 Å². The van der Waals surface area contributed by atoms with Gasteiger partial charge in [0, 0.05) is 30.5 Å². The van der Waals surface area contributed by atoms with Crippen molar-refractivity contribution in [1.29, 1.82) is 0 Å². The topological polar surface area (TPSA) is 62.5 Å². The van der Waals surface area contributed by atoms with Gasteiger partial charge in [-0.1, -0.05) is 13.8 Å². The molecule has 0 bridgehead atoms. The van der Waals surface area contributed by atoms with Crippen LogP contribution in [0.15, 0.2) is 4.42 Å². The number of likely N-dealkylation sites (tertiary alicyclic amines) is 1. The molecule has 1 aromatic rings. The van der Waals surface area contributed by atoms with E-state index in [1.165, 1.54) is 0 Å². The van der Waals surface area contributed by atoms with Gasteiger partial charge in [-0.05, 0) is 19.4 Å². The van der Waals surface area contributed by atoms with Gasteiger partial charge < -0.3 is 9.32 Å². The van der Waals surface area contributed by atoms with Crippen molar-refractivity contribution >= 4 is 17.7 Å². The van der Waals surface area contributed by atoms with E-state index in [0.29, 0.717) is 18.3 Å². The molecule has 0 aliphatic carbocycles. The quantitative estimate of drug-likeness (QED) is 0.840. The number of hydrogen-bond donors (Lipinski definition) is 0. The molecule has 22 heavy (non-hydrogen) atoms. The van der Waals surface area contributed by atoms with E-state index in [0.717, 1.165) is 44.0 Å². The molecule has 0 N–H and O–H groups in total. The third-order valence-electron chi connectivity index (χ3n) is 4.29. The second kappa shape index (κ2) is 7.00. The summed E-state index contributed by atoms with van der Waals surface area (Å²) in [7, 11) is 0. The van der Waals surface area contributed by atoms with Gasteiger partial charge in [0.05, 0.1) is 12.6 Å². The molecule has 0 radical (unpaired) electrons. The predicted molar refractivity (Wildman–Crippen MR) is 85.7 cm³/mol. The minimum Gasteiger partial charge on any atom is -0.424 e. The van der Waals surface area contributed by atoms with Crippen LogP contribution in [0.5, 0.6) is 0 Å². The van der Waals surface area contributed by atoms with E-state index < -0.39 is 0 Å². The Balaban J connectivity index is 1.63. The minimum absolute atomic E-state index is 0.0162. The van der Waals surface area contributed by atoms with E-state index in [9.17, 15) is 4.79 Å². The van der Waals surface area contributed by atoms with Crippen LogP contribution >= 0.6 is 11.8 Å². The number of thioether (sulfide) groups is 1. The normalized spacial score (nSPS) is 23.4. The van der Waals surface area contributed by atoms with E-state index in [1.807, 2.05) is 30.5 Å². The van der Waals surface area contributed by atoms with Crippen molar-refractivity contribution < 1.29 is 9.21 Å². The SMILES string of the molecule is CC(C)c1nnc(CN2CCC[C@H]2C(=O)N2CCSCC2)o1. The van der Waals surface area contributed by atoms with Gasteiger partial charge in [-0.3, -0.25) is 9.69 Å². The van der Waals surface area contributed by atoms with Gasteiger partial charge in [0.15, 0.2) is 0 Å². The number of nitrogens with zero attached hydrogens (tertiary/aromatic N) is 4. The molecule has 0 aromatic carbocycles. The average molecular weight is 324 g/mol. The summed E-state index contributed by atoms with van der Waals surface area (Å²) in [4.78, 5) is 16.9. The van der Waals surface area contributed by atoms with Crippen molar-refractivity contribution in [2.24, 2.45) is 0 Å². The molecule has 2 aliphatic rings. The molecule has 6 nitrogen and oxygen atoms in total. The number of hydrogen-bond acceptors (Lipinski definition) is 6. The van der Waals surface area contributed by atoms with Crippen molar-refractivity contribution in [3.05, 3.63) is 11.8 Å². The lowest BCUT2D eigenvalue weighted by Crippen LogP contribution is -2.48. The maximum absolute atomic E-state index is 12.7. The van der Waals surface area contributed by atoms with Gasteiger partial charge in [0.1, 0.15) is 0 Å². The molecule has 122 valence electrons. The molecule has 3 rings (SSSR count). The van der Waals surface area contributed by atoms with E-state index in [-0.39, 0.29) is 17.9 Å². The highest BCUT2D eigenvalue weighted by molar-refractivity contribution is 7.99. The standard InChI is InChI=1S/C15H24N4O2S/c1-11(2)14-17-16-13(21-14)10-19-5-3-4-12(19)15(20)18-6-8-22-9-7-18/h11-12H,3-10H2,1-2H3/t12-/m0/s1. The highest BCUT2D eigenvalue weighted by Gasteiger charge is 2.34. The summed E-state index contributed by atoms with van der Waals surface area (Å²) in [5.41, 5.74) is 0. The Kier molecular flexibility index (Phi) is 5.03. The molecule has 2 saturated heterocycles. The molecular formula is C15H24N4O2S. The molecule has 1 aromatic heterocycles. The first-order valence-corrected chi connectivity index (χ1v) is 9.23. The van der Waals surface area contributed by atoms with E-state index in [1.54, 1.807) is 0 Å². The zero-order chi connectivity index (χ0) is 15.5. The van der Waals surface area contributed by atoms with Crippen molar-refractivity contribution in [3.63, 3.8) is 0 Å². The molecule has 1 amide bonds. The van der Waals surface area contributed by atoms with Crippen LogP contribution in [0.25, 0.3) is 0 Å². The second-order valence-corrected chi connectivity index (χ2v) is 7.48. The van der Waals surface area contributed by atoms with Crippen molar-refractivity contribution in [3.8, 4) is 0 Å². The number of aromatic nitrogens is 2. The summed E-state index contributed by atoms with van der Waals surface area (Å²) < 4.78 is 5.69. The fourth-order valence-corrected chi connectivity index (χ4v) is 3.93. The maximum Gasteiger partial charge on any atom is 0.239 e.